The van der Waals surface area contributed by atoms with Crippen LogP contribution >= 0.6 is 0 Å². The summed E-state index contributed by atoms with van der Waals surface area (Å²) in [6.45, 7) is 8.43. The summed E-state index contributed by atoms with van der Waals surface area (Å²) < 4.78 is 5.79. The van der Waals surface area contributed by atoms with E-state index in [0.717, 1.165) is 50.5 Å². The van der Waals surface area contributed by atoms with Gasteiger partial charge in [-0.25, -0.2) is 0 Å². The third kappa shape index (κ3) is 3.75. The van der Waals surface area contributed by atoms with E-state index in [1.807, 2.05) is 0 Å². The Labute approximate surface area is 138 Å². The molecule has 1 aromatic carbocycles. The minimum absolute atomic E-state index is 0.802. The average Bonchev–Trinajstić information content (AvgIpc) is 3.02. The molecule has 124 valence electrons. The van der Waals surface area contributed by atoms with Gasteiger partial charge in [-0.15, -0.1) is 0 Å². The second-order valence-electron chi connectivity index (χ2n) is 6.23. The van der Waals surface area contributed by atoms with Crippen LogP contribution in [-0.4, -0.2) is 34.8 Å². The summed E-state index contributed by atoms with van der Waals surface area (Å²) in [5.41, 5.74) is 4.91. The lowest BCUT2D eigenvalue weighted by molar-refractivity contribution is 0.267. The molecular formula is C19H27N3O. The third-order valence-electron chi connectivity index (χ3n) is 4.60. The van der Waals surface area contributed by atoms with Crippen LogP contribution in [0.15, 0.2) is 24.3 Å². The summed E-state index contributed by atoms with van der Waals surface area (Å²) in [7, 11) is 0. The van der Waals surface area contributed by atoms with E-state index in [1.165, 1.54) is 29.7 Å². The van der Waals surface area contributed by atoms with Gasteiger partial charge in [0.25, 0.3) is 0 Å². The molecule has 0 spiro atoms. The fourth-order valence-electron chi connectivity index (χ4n) is 3.11. The zero-order chi connectivity index (χ0) is 16.1. The fourth-order valence-corrected chi connectivity index (χ4v) is 3.11. The maximum atomic E-state index is 5.79. The number of ether oxygens (including phenoxy) is 1. The van der Waals surface area contributed by atoms with Crippen molar-refractivity contribution in [2.45, 2.75) is 46.1 Å². The summed E-state index contributed by atoms with van der Waals surface area (Å²) in [6.07, 6.45) is 4.64. The summed E-state index contributed by atoms with van der Waals surface area (Å²) in [6, 6.07) is 8.36. The Bertz CT molecular complexity index is 618. The average molecular weight is 313 g/mol. The van der Waals surface area contributed by atoms with Gasteiger partial charge in [0.05, 0.1) is 12.3 Å². The van der Waals surface area contributed by atoms with Gasteiger partial charge < -0.3 is 4.74 Å². The molecule has 0 saturated heterocycles. The highest BCUT2D eigenvalue weighted by Gasteiger charge is 2.21. The normalized spacial score (nSPS) is 14.7. The Hall–Kier alpha value is -1.81. The zero-order valence-electron chi connectivity index (χ0n) is 14.3. The van der Waals surface area contributed by atoms with Crippen molar-refractivity contribution in [3.05, 3.63) is 35.5 Å². The Morgan fingerprint density at radius 2 is 2.00 bits per heavy atom. The second kappa shape index (κ2) is 7.64. The minimum atomic E-state index is 0.802. The van der Waals surface area contributed by atoms with Crippen LogP contribution in [0.25, 0.3) is 11.3 Å². The first-order valence-electron chi connectivity index (χ1n) is 8.83. The quantitative estimate of drug-likeness (QED) is 0.785. The smallest absolute Gasteiger partial charge is 0.119 e. The van der Waals surface area contributed by atoms with Crippen LogP contribution in [0, 0.1) is 0 Å². The minimum Gasteiger partial charge on any atom is -0.494 e. The molecule has 2 heterocycles. The molecule has 0 aliphatic carbocycles. The van der Waals surface area contributed by atoms with Crippen LogP contribution < -0.4 is 4.74 Å². The molecule has 23 heavy (non-hydrogen) atoms. The predicted octanol–water partition coefficient (Wildman–Crippen LogP) is 4.02. The molecule has 1 aliphatic heterocycles. The van der Waals surface area contributed by atoms with Crippen LogP contribution in [0.5, 0.6) is 5.75 Å². The number of fused-ring (bicyclic) bond motifs is 1. The lowest BCUT2D eigenvalue weighted by atomic mass is 10.0. The van der Waals surface area contributed by atoms with E-state index in [2.05, 4.69) is 53.2 Å². The first kappa shape index (κ1) is 16.1. The van der Waals surface area contributed by atoms with Gasteiger partial charge in [0.1, 0.15) is 5.75 Å². The number of hydrogen-bond acceptors (Lipinski definition) is 3. The molecule has 4 heteroatoms. The van der Waals surface area contributed by atoms with Gasteiger partial charge in [-0.3, -0.25) is 10.00 Å². The van der Waals surface area contributed by atoms with Crippen LogP contribution in [0.2, 0.25) is 0 Å². The standard InChI is InChI=1S/C19H27N3O/c1-3-5-6-13-23-16-9-7-15(8-10-16)19-17-14-22(4-2)12-11-18(17)20-21-19/h7-10H,3-6,11-14H2,1-2H3,(H,20,21). The van der Waals surface area contributed by atoms with Crippen molar-refractivity contribution in [3.63, 3.8) is 0 Å². The van der Waals surface area contributed by atoms with Crippen LogP contribution in [0.1, 0.15) is 44.4 Å². The van der Waals surface area contributed by atoms with Gasteiger partial charge in [0, 0.05) is 36.3 Å². The monoisotopic (exact) mass is 313 g/mol. The Kier molecular flexibility index (Phi) is 5.34. The molecule has 0 radical (unpaired) electrons. The molecule has 1 aliphatic rings. The number of H-pyrrole nitrogens is 1. The van der Waals surface area contributed by atoms with E-state index in [4.69, 9.17) is 4.74 Å². The molecule has 0 atom stereocenters. The Balaban J connectivity index is 1.69. The number of rotatable bonds is 7. The SMILES string of the molecule is CCCCCOc1ccc(-c2n[nH]c3c2CN(CC)CC3)cc1. The van der Waals surface area contributed by atoms with E-state index in [0.29, 0.717) is 0 Å². The largest absolute Gasteiger partial charge is 0.494 e. The molecule has 3 rings (SSSR count). The lowest BCUT2D eigenvalue weighted by Crippen LogP contribution is -2.30. The van der Waals surface area contributed by atoms with Gasteiger partial charge in [0.2, 0.25) is 0 Å². The van der Waals surface area contributed by atoms with Crippen molar-refractivity contribution >= 4 is 0 Å². The predicted molar refractivity (Wildman–Crippen MR) is 93.7 cm³/mol. The summed E-state index contributed by atoms with van der Waals surface area (Å²) >= 11 is 0. The highest BCUT2D eigenvalue weighted by molar-refractivity contribution is 5.65. The Morgan fingerprint density at radius 3 is 2.74 bits per heavy atom. The van der Waals surface area contributed by atoms with E-state index < -0.39 is 0 Å². The maximum Gasteiger partial charge on any atom is 0.119 e. The van der Waals surface area contributed by atoms with Crippen molar-refractivity contribution in [1.29, 1.82) is 0 Å². The summed E-state index contributed by atoms with van der Waals surface area (Å²) in [5.74, 6) is 0.949. The molecule has 0 unspecified atom stereocenters. The molecular weight excluding hydrogens is 286 g/mol. The van der Waals surface area contributed by atoms with E-state index >= 15 is 0 Å². The van der Waals surface area contributed by atoms with Crippen molar-refractivity contribution in [1.82, 2.24) is 15.1 Å². The molecule has 1 N–H and O–H groups in total. The number of benzene rings is 1. The highest BCUT2D eigenvalue weighted by Crippen LogP contribution is 2.29. The molecule has 1 aromatic heterocycles. The van der Waals surface area contributed by atoms with Crippen LogP contribution in [0.3, 0.4) is 0 Å². The number of nitrogens with zero attached hydrogens (tertiary/aromatic N) is 2. The van der Waals surface area contributed by atoms with E-state index in [-0.39, 0.29) is 0 Å². The molecule has 0 fully saturated rings. The van der Waals surface area contributed by atoms with E-state index in [1.54, 1.807) is 0 Å². The summed E-state index contributed by atoms with van der Waals surface area (Å²) in [4.78, 5) is 2.46. The molecule has 2 aromatic rings. The maximum absolute atomic E-state index is 5.79. The van der Waals surface area contributed by atoms with Crippen LogP contribution in [-0.2, 0) is 13.0 Å². The summed E-state index contributed by atoms with van der Waals surface area (Å²) in [5, 5.41) is 7.78. The van der Waals surface area contributed by atoms with Gasteiger partial charge in [-0.05, 0) is 37.2 Å². The first-order valence-corrected chi connectivity index (χ1v) is 8.83. The molecule has 0 saturated carbocycles. The zero-order valence-corrected chi connectivity index (χ0v) is 14.3. The highest BCUT2D eigenvalue weighted by atomic mass is 16.5. The number of nitrogens with one attached hydrogen (secondary N) is 1. The topological polar surface area (TPSA) is 41.1 Å². The van der Waals surface area contributed by atoms with Gasteiger partial charge in [-0.1, -0.05) is 26.7 Å². The van der Waals surface area contributed by atoms with Crippen molar-refractivity contribution in [2.75, 3.05) is 19.7 Å². The second-order valence-corrected chi connectivity index (χ2v) is 6.23. The fraction of sp³-hybridized carbons (Fsp3) is 0.526. The first-order chi connectivity index (χ1) is 11.3. The number of likely N-dealkylation sites (N-methyl/N-ethyl adjacent to an activating group) is 1. The van der Waals surface area contributed by atoms with Crippen molar-refractivity contribution in [2.24, 2.45) is 0 Å². The van der Waals surface area contributed by atoms with Crippen molar-refractivity contribution in [3.8, 4) is 17.0 Å². The molecule has 0 amide bonds. The molecule has 0 bridgehead atoms. The van der Waals surface area contributed by atoms with Crippen molar-refractivity contribution < 1.29 is 4.74 Å². The number of unbranched alkanes of at least 4 members (excludes halogenated alkanes) is 2. The van der Waals surface area contributed by atoms with Gasteiger partial charge >= 0.3 is 0 Å². The number of aromatic nitrogens is 2. The third-order valence-corrected chi connectivity index (χ3v) is 4.60. The van der Waals surface area contributed by atoms with Gasteiger partial charge in [0.15, 0.2) is 0 Å². The Morgan fingerprint density at radius 1 is 1.17 bits per heavy atom. The number of hydrogen-bond donors (Lipinski definition) is 1. The molecule has 4 nitrogen and oxygen atoms in total. The van der Waals surface area contributed by atoms with E-state index in [9.17, 15) is 0 Å². The van der Waals surface area contributed by atoms with Gasteiger partial charge in [-0.2, -0.15) is 5.10 Å². The lowest BCUT2D eigenvalue weighted by Gasteiger charge is -2.25. The number of aromatic amines is 1. The van der Waals surface area contributed by atoms with Crippen LogP contribution in [0.4, 0.5) is 0 Å².